The number of hydrogen-bond acceptors (Lipinski definition) is 6. The molecule has 5 rings (SSSR count). The van der Waals surface area contributed by atoms with Gasteiger partial charge in [-0.3, -0.25) is 0 Å². The summed E-state index contributed by atoms with van der Waals surface area (Å²) in [6, 6.07) is 2.81. The number of rotatable bonds is 4. The van der Waals surface area contributed by atoms with Gasteiger partial charge < -0.3 is 14.4 Å². The predicted octanol–water partition coefficient (Wildman–Crippen LogP) is 2.39. The maximum atomic E-state index is 4.57. The van der Waals surface area contributed by atoms with Crippen LogP contribution in [0.15, 0.2) is 18.7 Å². The van der Waals surface area contributed by atoms with Gasteiger partial charge in [0.1, 0.15) is 30.1 Å². The zero-order valence-electron chi connectivity index (χ0n) is 14.6. The van der Waals surface area contributed by atoms with Gasteiger partial charge in [0, 0.05) is 44.2 Å². The Bertz CT molecular complexity index is 733. The summed E-state index contributed by atoms with van der Waals surface area (Å²) in [5.74, 6) is 3.74. The SMILES string of the molecule is c1nc(N2CCCC2)cc(N2CCC[C@@H](c3nncn3C3CC3)C2)n1. The smallest absolute Gasteiger partial charge is 0.137 e. The lowest BCUT2D eigenvalue weighted by Crippen LogP contribution is -2.36. The van der Waals surface area contributed by atoms with E-state index >= 15 is 0 Å². The Morgan fingerprint density at radius 1 is 0.880 bits per heavy atom. The first kappa shape index (κ1) is 15.1. The van der Waals surface area contributed by atoms with Gasteiger partial charge in [0.05, 0.1) is 0 Å². The summed E-state index contributed by atoms with van der Waals surface area (Å²) in [5.41, 5.74) is 0. The highest BCUT2D eigenvalue weighted by Gasteiger charge is 2.31. The summed E-state index contributed by atoms with van der Waals surface area (Å²) >= 11 is 0. The van der Waals surface area contributed by atoms with Crippen LogP contribution in [0.1, 0.15) is 56.3 Å². The first-order valence-electron chi connectivity index (χ1n) is 9.60. The van der Waals surface area contributed by atoms with Crippen molar-refractivity contribution in [1.29, 1.82) is 0 Å². The first-order valence-corrected chi connectivity index (χ1v) is 9.60. The van der Waals surface area contributed by atoms with Crippen LogP contribution in [0.3, 0.4) is 0 Å². The molecule has 0 N–H and O–H groups in total. The van der Waals surface area contributed by atoms with E-state index in [1.54, 1.807) is 6.33 Å². The third-order valence-corrected chi connectivity index (χ3v) is 5.72. The summed E-state index contributed by atoms with van der Waals surface area (Å²) in [6.45, 7) is 4.26. The van der Waals surface area contributed by atoms with Gasteiger partial charge in [-0.1, -0.05) is 0 Å². The molecular weight excluding hydrogens is 314 g/mol. The first-order chi connectivity index (χ1) is 12.4. The average Bonchev–Trinajstić information content (AvgIpc) is 3.16. The molecule has 1 saturated carbocycles. The van der Waals surface area contributed by atoms with Crippen molar-refractivity contribution < 1.29 is 0 Å². The molecule has 1 aliphatic carbocycles. The van der Waals surface area contributed by atoms with E-state index in [1.807, 2.05) is 6.33 Å². The second-order valence-corrected chi connectivity index (χ2v) is 7.54. The average molecular weight is 339 g/mol. The fourth-order valence-corrected chi connectivity index (χ4v) is 4.20. The van der Waals surface area contributed by atoms with Gasteiger partial charge in [-0.2, -0.15) is 0 Å². The number of piperidine rings is 1. The molecule has 0 amide bonds. The molecule has 0 unspecified atom stereocenters. The normalized spacial score (nSPS) is 24.1. The lowest BCUT2D eigenvalue weighted by Gasteiger charge is -2.33. The van der Waals surface area contributed by atoms with Crippen LogP contribution in [0, 0.1) is 0 Å². The zero-order chi connectivity index (χ0) is 16.6. The molecule has 0 spiro atoms. The van der Waals surface area contributed by atoms with Crippen LogP contribution in [0.25, 0.3) is 0 Å². The minimum absolute atomic E-state index is 0.446. The van der Waals surface area contributed by atoms with Crippen molar-refractivity contribution in [2.24, 2.45) is 0 Å². The van der Waals surface area contributed by atoms with E-state index in [0.29, 0.717) is 12.0 Å². The van der Waals surface area contributed by atoms with Crippen molar-refractivity contribution in [2.75, 3.05) is 36.0 Å². The molecular formula is C18H25N7. The molecule has 3 fully saturated rings. The van der Waals surface area contributed by atoms with Gasteiger partial charge in [0.2, 0.25) is 0 Å². The third kappa shape index (κ3) is 2.96. The molecule has 132 valence electrons. The Balaban J connectivity index is 1.35. The standard InChI is InChI=1S/C18H25N7/c1-2-8-23(7-1)16-10-17(20-12-19-16)24-9-3-4-14(11-24)18-22-21-13-25(18)15-5-6-15/h10,12-15H,1-9,11H2/t14-/m1/s1. The van der Waals surface area contributed by atoms with Gasteiger partial charge in [-0.25, -0.2) is 9.97 Å². The summed E-state index contributed by atoms with van der Waals surface area (Å²) < 4.78 is 2.31. The lowest BCUT2D eigenvalue weighted by atomic mass is 9.97. The van der Waals surface area contributed by atoms with Crippen molar-refractivity contribution in [3.05, 3.63) is 24.5 Å². The van der Waals surface area contributed by atoms with E-state index in [1.165, 1.54) is 44.3 Å². The monoisotopic (exact) mass is 339 g/mol. The van der Waals surface area contributed by atoms with Crippen LogP contribution in [-0.4, -0.2) is 50.9 Å². The van der Waals surface area contributed by atoms with E-state index in [2.05, 4.69) is 40.6 Å². The molecule has 0 bridgehead atoms. The van der Waals surface area contributed by atoms with Gasteiger partial charge in [0.15, 0.2) is 0 Å². The highest BCUT2D eigenvalue weighted by atomic mass is 15.3. The van der Waals surface area contributed by atoms with Gasteiger partial charge in [-0.05, 0) is 38.5 Å². The van der Waals surface area contributed by atoms with Crippen LogP contribution < -0.4 is 9.80 Å². The molecule has 7 nitrogen and oxygen atoms in total. The molecule has 7 heteroatoms. The van der Waals surface area contributed by atoms with Crippen LogP contribution in [-0.2, 0) is 0 Å². The Hall–Kier alpha value is -2.18. The molecule has 1 atom stereocenters. The number of nitrogens with zero attached hydrogens (tertiary/aromatic N) is 7. The Kier molecular flexibility index (Phi) is 3.79. The number of hydrogen-bond donors (Lipinski definition) is 0. The van der Waals surface area contributed by atoms with Crippen molar-refractivity contribution in [3.63, 3.8) is 0 Å². The third-order valence-electron chi connectivity index (χ3n) is 5.72. The zero-order valence-corrected chi connectivity index (χ0v) is 14.6. The molecule has 2 aliphatic heterocycles. The summed E-state index contributed by atoms with van der Waals surface area (Å²) in [7, 11) is 0. The lowest BCUT2D eigenvalue weighted by molar-refractivity contribution is 0.469. The minimum atomic E-state index is 0.446. The fourth-order valence-electron chi connectivity index (χ4n) is 4.20. The van der Waals surface area contributed by atoms with Crippen molar-refractivity contribution in [2.45, 2.75) is 50.5 Å². The van der Waals surface area contributed by atoms with E-state index in [0.717, 1.165) is 37.8 Å². The molecule has 0 aromatic carbocycles. The minimum Gasteiger partial charge on any atom is -0.356 e. The fraction of sp³-hybridized carbons (Fsp3) is 0.667. The summed E-state index contributed by atoms with van der Waals surface area (Å²) in [5, 5.41) is 8.64. The quantitative estimate of drug-likeness (QED) is 0.852. The maximum Gasteiger partial charge on any atom is 0.137 e. The molecule has 2 saturated heterocycles. The predicted molar refractivity (Wildman–Crippen MR) is 96.0 cm³/mol. The van der Waals surface area contributed by atoms with Crippen LogP contribution in [0.5, 0.6) is 0 Å². The number of aromatic nitrogens is 5. The molecule has 0 radical (unpaired) electrons. The van der Waals surface area contributed by atoms with E-state index in [4.69, 9.17) is 0 Å². The van der Waals surface area contributed by atoms with E-state index < -0.39 is 0 Å². The summed E-state index contributed by atoms with van der Waals surface area (Å²) in [6.07, 6.45) is 11.1. The molecule has 4 heterocycles. The van der Waals surface area contributed by atoms with Crippen LogP contribution in [0.2, 0.25) is 0 Å². The van der Waals surface area contributed by atoms with E-state index in [-0.39, 0.29) is 0 Å². The summed E-state index contributed by atoms with van der Waals surface area (Å²) in [4.78, 5) is 13.8. The molecule has 2 aromatic rings. The van der Waals surface area contributed by atoms with Crippen molar-refractivity contribution in [3.8, 4) is 0 Å². The maximum absolute atomic E-state index is 4.57. The van der Waals surface area contributed by atoms with Gasteiger partial charge in [0.25, 0.3) is 0 Å². The highest BCUT2D eigenvalue weighted by Crippen LogP contribution is 2.38. The van der Waals surface area contributed by atoms with Crippen LogP contribution >= 0.6 is 0 Å². The van der Waals surface area contributed by atoms with Gasteiger partial charge in [-0.15, -0.1) is 10.2 Å². The molecule has 3 aliphatic rings. The molecule has 2 aromatic heterocycles. The van der Waals surface area contributed by atoms with Crippen LogP contribution in [0.4, 0.5) is 11.6 Å². The Labute approximate surface area is 148 Å². The highest BCUT2D eigenvalue weighted by molar-refractivity contribution is 5.51. The van der Waals surface area contributed by atoms with Gasteiger partial charge >= 0.3 is 0 Å². The second-order valence-electron chi connectivity index (χ2n) is 7.54. The largest absolute Gasteiger partial charge is 0.356 e. The topological polar surface area (TPSA) is 63.0 Å². The van der Waals surface area contributed by atoms with E-state index in [9.17, 15) is 0 Å². The second kappa shape index (κ2) is 6.28. The van der Waals surface area contributed by atoms with Crippen molar-refractivity contribution >= 4 is 11.6 Å². The Morgan fingerprint density at radius 2 is 1.64 bits per heavy atom. The Morgan fingerprint density at radius 3 is 2.44 bits per heavy atom. The number of anilines is 2. The molecule has 25 heavy (non-hydrogen) atoms. The van der Waals surface area contributed by atoms with Crippen molar-refractivity contribution in [1.82, 2.24) is 24.7 Å².